The number of benzene rings is 1. The molecule has 1 fully saturated rings. The van der Waals surface area contributed by atoms with Crippen LogP contribution >= 0.6 is 0 Å². The van der Waals surface area contributed by atoms with Gasteiger partial charge in [-0.15, -0.1) is 0 Å². The molecule has 1 aromatic rings. The topological polar surface area (TPSA) is 30.9 Å². The quantitative estimate of drug-likeness (QED) is 0.798. The number of methoxy groups -OCH3 is 1. The second-order valence-corrected chi connectivity index (χ2v) is 6.81. The lowest BCUT2D eigenvalue weighted by molar-refractivity contribution is 0.169. The molecule has 1 aliphatic carbocycles. The Labute approximate surface area is 130 Å². The fourth-order valence-electron chi connectivity index (χ4n) is 4.93. The third kappa shape index (κ3) is 1.56. The Bertz CT molecular complexity index is 669. The van der Waals surface area contributed by atoms with E-state index >= 15 is 0 Å². The van der Waals surface area contributed by atoms with Crippen molar-refractivity contribution < 1.29 is 14.2 Å². The Hall–Kier alpha value is -1.68. The maximum absolute atomic E-state index is 5.63. The summed E-state index contributed by atoms with van der Waals surface area (Å²) in [5, 5.41) is 0. The number of allylic oxidation sites excluding steroid dienone is 1. The highest BCUT2D eigenvalue weighted by molar-refractivity contribution is 5.53. The van der Waals surface area contributed by atoms with E-state index in [0.717, 1.165) is 36.6 Å². The average molecular weight is 299 g/mol. The molecule has 0 aromatic heterocycles. The minimum atomic E-state index is 0.157. The summed E-state index contributed by atoms with van der Waals surface area (Å²) in [6.45, 7) is 2.67. The van der Waals surface area contributed by atoms with Gasteiger partial charge in [0.05, 0.1) is 12.9 Å². The Balaban J connectivity index is 1.67. The average Bonchev–Trinajstić information content (AvgIpc) is 3.22. The van der Waals surface area contributed by atoms with E-state index in [4.69, 9.17) is 14.2 Å². The molecule has 1 spiro atoms. The molecule has 4 heteroatoms. The van der Waals surface area contributed by atoms with Crippen LogP contribution in [0, 0.1) is 0 Å². The van der Waals surface area contributed by atoms with Gasteiger partial charge in [0.2, 0.25) is 6.79 Å². The van der Waals surface area contributed by atoms with Crippen molar-refractivity contribution in [3.05, 3.63) is 35.1 Å². The second kappa shape index (κ2) is 4.42. The summed E-state index contributed by atoms with van der Waals surface area (Å²) in [6, 6.07) is 4.44. The van der Waals surface area contributed by atoms with Crippen LogP contribution in [0.1, 0.15) is 36.3 Å². The van der Waals surface area contributed by atoms with E-state index in [1.165, 1.54) is 30.5 Å². The molecule has 0 N–H and O–H groups in total. The first-order chi connectivity index (χ1) is 10.8. The van der Waals surface area contributed by atoms with Crippen molar-refractivity contribution in [1.29, 1.82) is 0 Å². The lowest BCUT2D eigenvalue weighted by Crippen LogP contribution is -2.44. The zero-order valence-corrected chi connectivity index (χ0v) is 12.9. The highest BCUT2D eigenvalue weighted by Crippen LogP contribution is 2.54. The van der Waals surface area contributed by atoms with Crippen LogP contribution in [0.5, 0.6) is 11.5 Å². The van der Waals surface area contributed by atoms with Crippen molar-refractivity contribution in [1.82, 2.24) is 4.90 Å². The van der Waals surface area contributed by atoms with Gasteiger partial charge in [-0.05, 0) is 55.1 Å². The fourth-order valence-corrected chi connectivity index (χ4v) is 4.93. The highest BCUT2D eigenvalue weighted by atomic mass is 16.7. The minimum absolute atomic E-state index is 0.157. The van der Waals surface area contributed by atoms with Gasteiger partial charge >= 0.3 is 0 Å². The second-order valence-electron chi connectivity index (χ2n) is 6.81. The number of hydrogen-bond acceptors (Lipinski definition) is 4. The molecule has 1 saturated heterocycles. The van der Waals surface area contributed by atoms with Crippen LogP contribution in [-0.4, -0.2) is 37.4 Å². The molecule has 0 bridgehead atoms. The molecule has 116 valence electrons. The summed E-state index contributed by atoms with van der Waals surface area (Å²) >= 11 is 0. The Kier molecular flexibility index (Phi) is 2.57. The van der Waals surface area contributed by atoms with Gasteiger partial charge in [0.1, 0.15) is 0 Å². The van der Waals surface area contributed by atoms with E-state index in [1.54, 1.807) is 7.11 Å². The smallest absolute Gasteiger partial charge is 0.231 e. The van der Waals surface area contributed by atoms with E-state index in [-0.39, 0.29) is 5.54 Å². The van der Waals surface area contributed by atoms with Gasteiger partial charge in [-0.1, -0.05) is 0 Å². The molecule has 3 heterocycles. The molecule has 5 rings (SSSR count). The van der Waals surface area contributed by atoms with Crippen molar-refractivity contribution in [2.75, 3.05) is 27.0 Å². The van der Waals surface area contributed by atoms with E-state index in [9.17, 15) is 0 Å². The van der Waals surface area contributed by atoms with E-state index in [0.29, 0.717) is 12.7 Å². The summed E-state index contributed by atoms with van der Waals surface area (Å²) in [6.07, 6.45) is 7.02. The van der Waals surface area contributed by atoms with E-state index in [2.05, 4.69) is 23.1 Å². The number of nitrogens with zero attached hydrogens (tertiary/aromatic N) is 1. The molecule has 22 heavy (non-hydrogen) atoms. The lowest BCUT2D eigenvalue weighted by Gasteiger charge is -2.37. The predicted octanol–water partition coefficient (Wildman–Crippen LogP) is 2.82. The third-order valence-electron chi connectivity index (χ3n) is 5.94. The molecule has 1 unspecified atom stereocenters. The molecule has 4 aliphatic rings. The largest absolute Gasteiger partial charge is 0.501 e. The summed E-state index contributed by atoms with van der Waals surface area (Å²) < 4.78 is 16.8. The third-order valence-corrected chi connectivity index (χ3v) is 5.94. The van der Waals surface area contributed by atoms with E-state index < -0.39 is 0 Å². The van der Waals surface area contributed by atoms with Crippen LogP contribution in [0.3, 0.4) is 0 Å². The number of rotatable bonds is 1. The molecular weight excluding hydrogens is 278 g/mol. The van der Waals surface area contributed by atoms with Crippen LogP contribution in [0.15, 0.2) is 24.0 Å². The SMILES string of the molecule is COC1=CC23CCCN2CCc2cc4c(cc2[C@@H]3C1)OCO4. The first kappa shape index (κ1) is 12.8. The van der Waals surface area contributed by atoms with Crippen LogP contribution < -0.4 is 9.47 Å². The Morgan fingerprint density at radius 3 is 2.95 bits per heavy atom. The van der Waals surface area contributed by atoms with Gasteiger partial charge in [0, 0.05) is 24.4 Å². The van der Waals surface area contributed by atoms with Gasteiger partial charge < -0.3 is 14.2 Å². The molecule has 4 nitrogen and oxygen atoms in total. The Morgan fingerprint density at radius 2 is 2.09 bits per heavy atom. The Morgan fingerprint density at radius 1 is 1.23 bits per heavy atom. The van der Waals surface area contributed by atoms with Crippen molar-refractivity contribution >= 4 is 0 Å². The first-order valence-electron chi connectivity index (χ1n) is 8.23. The molecule has 0 saturated carbocycles. The molecule has 3 aliphatic heterocycles. The fraction of sp³-hybridized carbons (Fsp3) is 0.556. The minimum Gasteiger partial charge on any atom is -0.501 e. The molecule has 0 radical (unpaired) electrons. The number of hydrogen-bond donors (Lipinski definition) is 0. The predicted molar refractivity (Wildman–Crippen MR) is 82.3 cm³/mol. The first-order valence-corrected chi connectivity index (χ1v) is 8.23. The van der Waals surface area contributed by atoms with Gasteiger partial charge in [-0.25, -0.2) is 0 Å². The number of ether oxygens (including phenoxy) is 3. The standard InChI is InChI=1S/C18H21NO3/c1-20-13-8-15-14-9-17-16(21-11-22-17)7-12(14)3-6-19-5-2-4-18(15,19)10-13/h7,9-10,15H,2-6,8,11H2,1H3/t15-,18?/m0/s1. The van der Waals surface area contributed by atoms with Crippen LogP contribution in [0.25, 0.3) is 0 Å². The molecule has 2 atom stereocenters. The van der Waals surface area contributed by atoms with Crippen molar-refractivity contribution in [3.63, 3.8) is 0 Å². The summed E-state index contributed by atoms with van der Waals surface area (Å²) in [5.41, 5.74) is 3.02. The zero-order valence-electron chi connectivity index (χ0n) is 12.9. The van der Waals surface area contributed by atoms with Crippen molar-refractivity contribution in [3.8, 4) is 11.5 Å². The summed E-state index contributed by atoms with van der Waals surface area (Å²) in [7, 11) is 1.80. The maximum atomic E-state index is 5.63. The van der Waals surface area contributed by atoms with Crippen molar-refractivity contribution in [2.45, 2.75) is 37.1 Å². The van der Waals surface area contributed by atoms with Gasteiger partial charge in [-0.2, -0.15) is 0 Å². The normalized spacial score (nSPS) is 32.0. The van der Waals surface area contributed by atoms with Gasteiger partial charge in [0.25, 0.3) is 0 Å². The molecule has 0 amide bonds. The van der Waals surface area contributed by atoms with E-state index in [1.807, 2.05) is 0 Å². The monoisotopic (exact) mass is 299 g/mol. The van der Waals surface area contributed by atoms with Crippen LogP contribution in [0.4, 0.5) is 0 Å². The lowest BCUT2D eigenvalue weighted by atomic mass is 9.79. The maximum Gasteiger partial charge on any atom is 0.231 e. The molecule has 1 aromatic carbocycles. The van der Waals surface area contributed by atoms with Crippen LogP contribution in [-0.2, 0) is 11.2 Å². The van der Waals surface area contributed by atoms with Crippen molar-refractivity contribution in [2.24, 2.45) is 0 Å². The summed E-state index contributed by atoms with van der Waals surface area (Å²) in [4.78, 5) is 2.68. The van der Waals surface area contributed by atoms with Gasteiger partial charge in [-0.3, -0.25) is 4.90 Å². The van der Waals surface area contributed by atoms with Gasteiger partial charge in [0.15, 0.2) is 11.5 Å². The highest BCUT2D eigenvalue weighted by Gasteiger charge is 2.52. The zero-order chi connectivity index (χ0) is 14.7. The molecular formula is C18H21NO3. The van der Waals surface area contributed by atoms with Crippen LogP contribution in [0.2, 0.25) is 0 Å². The number of fused-ring (bicyclic) bond motifs is 3. The summed E-state index contributed by atoms with van der Waals surface area (Å²) in [5.74, 6) is 3.44.